The lowest BCUT2D eigenvalue weighted by Gasteiger charge is -2.14. The topological polar surface area (TPSA) is 84.5 Å². The van der Waals surface area contributed by atoms with Crippen molar-refractivity contribution < 1.29 is 19.1 Å². The molecule has 0 fully saturated rings. The third-order valence-electron chi connectivity index (χ3n) is 4.68. The zero-order valence-electron chi connectivity index (χ0n) is 17.5. The van der Waals surface area contributed by atoms with E-state index < -0.39 is 18.0 Å². The zero-order chi connectivity index (χ0) is 21.6. The van der Waals surface area contributed by atoms with Crippen LogP contribution in [0.25, 0.3) is 0 Å². The van der Waals surface area contributed by atoms with Gasteiger partial charge in [-0.3, -0.25) is 14.4 Å². The molecule has 0 saturated heterocycles. The van der Waals surface area contributed by atoms with Gasteiger partial charge in [0.05, 0.1) is 0 Å². The molecule has 29 heavy (non-hydrogen) atoms. The van der Waals surface area contributed by atoms with E-state index in [1.54, 1.807) is 12.1 Å². The Kier molecular flexibility index (Phi) is 7.53. The van der Waals surface area contributed by atoms with Crippen molar-refractivity contribution in [3.8, 4) is 0 Å². The van der Waals surface area contributed by atoms with E-state index in [0.29, 0.717) is 17.2 Å². The quantitative estimate of drug-likeness (QED) is 0.699. The molecule has 0 bridgehead atoms. The summed E-state index contributed by atoms with van der Waals surface area (Å²) in [6.45, 7) is 9.23. The molecule has 2 rings (SSSR count). The summed E-state index contributed by atoms with van der Waals surface area (Å²) in [6, 6.07) is 12.8. The van der Waals surface area contributed by atoms with Crippen LogP contribution in [0, 0.1) is 13.8 Å². The molecule has 2 aromatic carbocycles. The highest BCUT2D eigenvalue weighted by atomic mass is 16.5. The lowest BCUT2D eigenvalue weighted by molar-refractivity contribution is -0.152. The highest BCUT2D eigenvalue weighted by Gasteiger charge is 2.19. The van der Waals surface area contributed by atoms with Gasteiger partial charge in [0.1, 0.15) is 6.54 Å². The molecule has 0 heterocycles. The van der Waals surface area contributed by atoms with Crippen LogP contribution >= 0.6 is 0 Å². The van der Waals surface area contributed by atoms with Gasteiger partial charge in [-0.05, 0) is 67.6 Å². The number of rotatable bonds is 7. The number of anilines is 1. The monoisotopic (exact) mass is 396 g/mol. The molecule has 2 aromatic rings. The molecule has 1 atom stereocenters. The first-order valence-electron chi connectivity index (χ1n) is 9.63. The van der Waals surface area contributed by atoms with Crippen LogP contribution in [-0.4, -0.2) is 30.4 Å². The van der Waals surface area contributed by atoms with Crippen molar-refractivity contribution in [2.45, 2.75) is 46.6 Å². The normalized spacial score (nSPS) is 11.7. The number of aryl methyl sites for hydroxylation is 2. The number of amides is 2. The van der Waals surface area contributed by atoms with Crippen LogP contribution in [0.3, 0.4) is 0 Å². The van der Waals surface area contributed by atoms with Crippen LogP contribution in [0.4, 0.5) is 5.69 Å². The standard InChI is InChI=1S/C23H28N2O4/c1-14(2)18-8-10-20(11-9-18)25-22(27)17(5)29-21(26)13-24-23(28)19-7-6-15(3)16(4)12-19/h6-12,14,17H,13H2,1-5H3,(H,24,28)(H,25,27)/t17-/m0/s1. The van der Waals surface area contributed by atoms with Crippen molar-refractivity contribution in [1.29, 1.82) is 0 Å². The van der Waals surface area contributed by atoms with Crippen molar-refractivity contribution in [3.63, 3.8) is 0 Å². The second kappa shape index (κ2) is 9.87. The molecule has 0 aliphatic heterocycles. The third kappa shape index (κ3) is 6.45. The number of ether oxygens (including phenoxy) is 1. The average molecular weight is 396 g/mol. The molecule has 0 aliphatic carbocycles. The number of hydrogen-bond donors (Lipinski definition) is 2. The molecule has 0 saturated carbocycles. The summed E-state index contributed by atoms with van der Waals surface area (Å²) >= 11 is 0. The van der Waals surface area contributed by atoms with E-state index in [9.17, 15) is 14.4 Å². The summed E-state index contributed by atoms with van der Waals surface area (Å²) in [5.74, 6) is -1.08. The average Bonchev–Trinajstić information content (AvgIpc) is 2.68. The van der Waals surface area contributed by atoms with Gasteiger partial charge in [-0.25, -0.2) is 0 Å². The smallest absolute Gasteiger partial charge is 0.326 e. The Hall–Kier alpha value is -3.15. The summed E-state index contributed by atoms with van der Waals surface area (Å²) in [6.07, 6.45) is -0.981. The van der Waals surface area contributed by atoms with Crippen LogP contribution in [0.15, 0.2) is 42.5 Å². The molecule has 6 heteroatoms. The number of hydrogen-bond acceptors (Lipinski definition) is 4. The summed E-state index contributed by atoms with van der Waals surface area (Å²) in [7, 11) is 0. The van der Waals surface area contributed by atoms with Crippen molar-refractivity contribution in [2.24, 2.45) is 0 Å². The highest BCUT2D eigenvalue weighted by molar-refractivity contribution is 5.97. The minimum Gasteiger partial charge on any atom is -0.451 e. The second-order valence-corrected chi connectivity index (χ2v) is 7.38. The Morgan fingerprint density at radius 3 is 2.17 bits per heavy atom. The van der Waals surface area contributed by atoms with E-state index in [1.165, 1.54) is 12.5 Å². The second-order valence-electron chi connectivity index (χ2n) is 7.38. The number of benzene rings is 2. The first-order chi connectivity index (χ1) is 13.7. The SMILES string of the molecule is Cc1ccc(C(=O)NCC(=O)O[C@@H](C)C(=O)Nc2ccc(C(C)C)cc2)cc1C. The molecule has 154 valence electrons. The first kappa shape index (κ1) is 22.1. The van der Waals surface area contributed by atoms with Crippen LogP contribution < -0.4 is 10.6 Å². The molecule has 2 amide bonds. The van der Waals surface area contributed by atoms with E-state index in [0.717, 1.165) is 11.1 Å². The van der Waals surface area contributed by atoms with Crippen LogP contribution in [0.2, 0.25) is 0 Å². The van der Waals surface area contributed by atoms with Gasteiger partial charge in [-0.15, -0.1) is 0 Å². The minimum absolute atomic E-state index is 0.313. The van der Waals surface area contributed by atoms with Crippen molar-refractivity contribution in [2.75, 3.05) is 11.9 Å². The summed E-state index contributed by atoms with van der Waals surface area (Å²) in [4.78, 5) is 36.3. The van der Waals surface area contributed by atoms with Crippen LogP contribution in [0.1, 0.15) is 53.7 Å². The fourth-order valence-corrected chi connectivity index (χ4v) is 2.62. The van der Waals surface area contributed by atoms with Gasteiger partial charge >= 0.3 is 5.97 Å². The number of nitrogens with one attached hydrogen (secondary N) is 2. The predicted octanol–water partition coefficient (Wildman–Crippen LogP) is 3.73. The van der Waals surface area contributed by atoms with Crippen molar-refractivity contribution in [3.05, 3.63) is 64.7 Å². The lowest BCUT2D eigenvalue weighted by Crippen LogP contribution is -2.35. The Balaban J connectivity index is 1.82. The molecular weight excluding hydrogens is 368 g/mol. The Bertz CT molecular complexity index is 888. The zero-order valence-corrected chi connectivity index (χ0v) is 17.5. The Morgan fingerprint density at radius 1 is 0.931 bits per heavy atom. The Morgan fingerprint density at radius 2 is 1.59 bits per heavy atom. The van der Waals surface area contributed by atoms with Gasteiger partial charge in [-0.1, -0.05) is 32.0 Å². The van der Waals surface area contributed by atoms with Crippen molar-refractivity contribution in [1.82, 2.24) is 5.32 Å². The summed E-state index contributed by atoms with van der Waals surface area (Å²) < 4.78 is 5.11. The molecule has 0 aromatic heterocycles. The van der Waals surface area contributed by atoms with E-state index in [4.69, 9.17) is 4.74 Å². The summed E-state index contributed by atoms with van der Waals surface area (Å²) in [5, 5.41) is 5.22. The largest absolute Gasteiger partial charge is 0.451 e. The van der Waals surface area contributed by atoms with E-state index in [-0.39, 0.29) is 12.5 Å². The maximum Gasteiger partial charge on any atom is 0.326 e. The maximum absolute atomic E-state index is 12.2. The minimum atomic E-state index is -0.981. The van der Waals surface area contributed by atoms with E-state index in [2.05, 4.69) is 24.5 Å². The number of carbonyl (C=O) groups is 3. The van der Waals surface area contributed by atoms with Gasteiger partial charge in [0.15, 0.2) is 6.10 Å². The third-order valence-corrected chi connectivity index (χ3v) is 4.68. The molecule has 0 radical (unpaired) electrons. The molecule has 6 nitrogen and oxygen atoms in total. The van der Waals surface area contributed by atoms with E-state index >= 15 is 0 Å². The van der Waals surface area contributed by atoms with Gasteiger partial charge in [0.2, 0.25) is 0 Å². The van der Waals surface area contributed by atoms with Crippen LogP contribution in [-0.2, 0) is 14.3 Å². The molecule has 2 N–H and O–H groups in total. The molecule has 0 spiro atoms. The van der Waals surface area contributed by atoms with Gasteiger partial charge < -0.3 is 15.4 Å². The molecule has 0 aliphatic rings. The van der Waals surface area contributed by atoms with Gasteiger partial charge in [0.25, 0.3) is 11.8 Å². The van der Waals surface area contributed by atoms with E-state index in [1.807, 2.05) is 44.2 Å². The fraction of sp³-hybridized carbons (Fsp3) is 0.348. The number of carbonyl (C=O) groups excluding carboxylic acids is 3. The van der Waals surface area contributed by atoms with Crippen LogP contribution in [0.5, 0.6) is 0 Å². The predicted molar refractivity (Wildman–Crippen MR) is 113 cm³/mol. The van der Waals surface area contributed by atoms with Gasteiger partial charge in [0, 0.05) is 11.3 Å². The lowest BCUT2D eigenvalue weighted by atomic mass is 10.0. The number of esters is 1. The fourth-order valence-electron chi connectivity index (χ4n) is 2.62. The van der Waals surface area contributed by atoms with Crippen molar-refractivity contribution >= 4 is 23.5 Å². The molecular formula is C23H28N2O4. The molecule has 0 unspecified atom stereocenters. The van der Waals surface area contributed by atoms with Gasteiger partial charge in [-0.2, -0.15) is 0 Å². The first-order valence-corrected chi connectivity index (χ1v) is 9.63. The Labute approximate surface area is 171 Å². The summed E-state index contributed by atoms with van der Waals surface area (Å²) in [5.41, 5.74) is 4.34. The maximum atomic E-state index is 12.2. The highest BCUT2D eigenvalue weighted by Crippen LogP contribution is 2.17.